The molecule has 0 fully saturated rings. The maximum atomic E-state index is 5.60. The van der Waals surface area contributed by atoms with Crippen LogP contribution in [0.1, 0.15) is 6.92 Å². The van der Waals surface area contributed by atoms with Crippen LogP contribution in [0.4, 0.5) is 11.8 Å². The predicted octanol–water partition coefficient (Wildman–Crippen LogP) is 0.676. The lowest BCUT2D eigenvalue weighted by atomic mass is 10.5. The molecule has 2 heterocycles. The van der Waals surface area contributed by atoms with Gasteiger partial charge >= 0.3 is 0 Å². The molecule has 6 heteroatoms. The minimum atomic E-state index is 0.247. The number of nitrogen functional groups attached to an aromatic ring is 1. The molecule has 2 rings (SSSR count). The van der Waals surface area contributed by atoms with Crippen LogP contribution in [0.25, 0.3) is 5.82 Å². The maximum absolute atomic E-state index is 5.60. The van der Waals surface area contributed by atoms with Crippen LogP contribution >= 0.6 is 0 Å². The molecule has 0 saturated carbocycles. The molecule has 2 aromatic heterocycles. The summed E-state index contributed by atoms with van der Waals surface area (Å²) in [6, 6.07) is 1.82. The highest BCUT2D eigenvalue weighted by Gasteiger charge is 2.02. The molecule has 0 aliphatic heterocycles. The van der Waals surface area contributed by atoms with Crippen molar-refractivity contribution in [1.29, 1.82) is 0 Å². The van der Waals surface area contributed by atoms with Gasteiger partial charge in [-0.05, 0) is 6.92 Å². The summed E-state index contributed by atoms with van der Waals surface area (Å²) in [6.07, 6.45) is 5.15. The molecular weight excluding hydrogens is 192 g/mol. The zero-order valence-corrected chi connectivity index (χ0v) is 8.38. The monoisotopic (exact) mass is 204 g/mol. The normalized spacial score (nSPS) is 10.2. The van der Waals surface area contributed by atoms with E-state index in [0.717, 1.165) is 6.54 Å². The van der Waals surface area contributed by atoms with Crippen LogP contribution in [-0.2, 0) is 0 Å². The smallest absolute Gasteiger partial charge is 0.223 e. The number of aromatic nitrogens is 4. The van der Waals surface area contributed by atoms with Gasteiger partial charge in [0.1, 0.15) is 18.0 Å². The van der Waals surface area contributed by atoms with Crippen LogP contribution in [0.3, 0.4) is 0 Å². The Bertz CT molecular complexity index is 436. The molecule has 2 aromatic rings. The van der Waals surface area contributed by atoms with Gasteiger partial charge in [0.15, 0.2) is 0 Å². The molecule has 6 nitrogen and oxygen atoms in total. The standard InChI is InChI=1S/C9H12N6/c1-2-12-7-5-8(14-9(10)13-7)15-4-3-11-6-15/h3-6H,2H2,1H3,(H3,10,12,13,14). The Morgan fingerprint density at radius 2 is 2.33 bits per heavy atom. The Kier molecular flexibility index (Phi) is 2.49. The second-order valence-electron chi connectivity index (χ2n) is 2.97. The number of rotatable bonds is 3. The first-order chi connectivity index (χ1) is 7.29. The third-order valence-electron chi connectivity index (χ3n) is 1.86. The van der Waals surface area contributed by atoms with Crippen LogP contribution in [0.2, 0.25) is 0 Å². The highest BCUT2D eigenvalue weighted by molar-refractivity contribution is 5.45. The number of anilines is 2. The van der Waals surface area contributed by atoms with E-state index in [1.165, 1.54) is 0 Å². The molecule has 0 atom stereocenters. The average Bonchev–Trinajstić information content (AvgIpc) is 2.70. The van der Waals surface area contributed by atoms with E-state index >= 15 is 0 Å². The molecule has 0 spiro atoms. The van der Waals surface area contributed by atoms with E-state index in [1.54, 1.807) is 23.3 Å². The van der Waals surface area contributed by atoms with Crippen LogP contribution < -0.4 is 11.1 Å². The summed E-state index contributed by atoms with van der Waals surface area (Å²) >= 11 is 0. The van der Waals surface area contributed by atoms with Crippen molar-refractivity contribution in [2.75, 3.05) is 17.6 Å². The van der Waals surface area contributed by atoms with E-state index < -0.39 is 0 Å². The third-order valence-corrected chi connectivity index (χ3v) is 1.86. The lowest BCUT2D eigenvalue weighted by Crippen LogP contribution is -2.06. The summed E-state index contributed by atoms with van der Waals surface area (Å²) in [5.74, 6) is 1.67. The van der Waals surface area contributed by atoms with E-state index in [4.69, 9.17) is 5.73 Å². The van der Waals surface area contributed by atoms with Crippen LogP contribution in [-0.4, -0.2) is 26.1 Å². The number of imidazole rings is 1. The third kappa shape index (κ3) is 2.04. The fourth-order valence-corrected chi connectivity index (χ4v) is 1.25. The molecule has 0 amide bonds. The molecule has 78 valence electrons. The largest absolute Gasteiger partial charge is 0.370 e. The lowest BCUT2D eigenvalue weighted by Gasteiger charge is -2.06. The topological polar surface area (TPSA) is 81.7 Å². The molecule has 0 aliphatic carbocycles. The Labute approximate surface area is 87.2 Å². The molecule has 0 bridgehead atoms. The van der Waals surface area contributed by atoms with Gasteiger partial charge in [0.25, 0.3) is 0 Å². The minimum absolute atomic E-state index is 0.247. The zero-order valence-electron chi connectivity index (χ0n) is 8.38. The van der Waals surface area contributed by atoms with Gasteiger partial charge in [-0.1, -0.05) is 0 Å². The number of hydrogen-bond acceptors (Lipinski definition) is 5. The summed E-state index contributed by atoms with van der Waals surface area (Å²) in [4.78, 5) is 12.1. The van der Waals surface area contributed by atoms with Crippen molar-refractivity contribution in [3.05, 3.63) is 24.8 Å². The molecule has 0 saturated heterocycles. The number of hydrogen-bond donors (Lipinski definition) is 2. The van der Waals surface area contributed by atoms with Crippen LogP contribution in [0.5, 0.6) is 0 Å². The van der Waals surface area contributed by atoms with Crippen molar-refractivity contribution in [3.8, 4) is 5.82 Å². The Hall–Kier alpha value is -2.11. The van der Waals surface area contributed by atoms with Gasteiger partial charge < -0.3 is 11.1 Å². The zero-order chi connectivity index (χ0) is 10.7. The van der Waals surface area contributed by atoms with Gasteiger partial charge in [-0.15, -0.1) is 0 Å². The Morgan fingerprint density at radius 1 is 1.47 bits per heavy atom. The number of nitrogens with one attached hydrogen (secondary N) is 1. The van der Waals surface area contributed by atoms with E-state index in [-0.39, 0.29) is 5.95 Å². The van der Waals surface area contributed by atoms with Gasteiger partial charge in [0, 0.05) is 25.0 Å². The quantitative estimate of drug-likeness (QED) is 0.768. The lowest BCUT2D eigenvalue weighted by molar-refractivity contribution is 0.975. The van der Waals surface area contributed by atoms with E-state index in [2.05, 4.69) is 20.3 Å². The van der Waals surface area contributed by atoms with Gasteiger partial charge in [0.05, 0.1) is 0 Å². The summed E-state index contributed by atoms with van der Waals surface area (Å²) in [5.41, 5.74) is 5.60. The first kappa shape index (κ1) is 9.45. The summed E-state index contributed by atoms with van der Waals surface area (Å²) in [5, 5.41) is 3.09. The summed E-state index contributed by atoms with van der Waals surface area (Å²) in [6.45, 7) is 2.79. The Morgan fingerprint density at radius 3 is 3.00 bits per heavy atom. The van der Waals surface area contributed by atoms with Gasteiger partial charge in [0.2, 0.25) is 5.95 Å². The van der Waals surface area contributed by atoms with Crippen LogP contribution in [0.15, 0.2) is 24.8 Å². The first-order valence-electron chi connectivity index (χ1n) is 4.66. The highest BCUT2D eigenvalue weighted by Crippen LogP contribution is 2.11. The van der Waals surface area contributed by atoms with Gasteiger partial charge in [-0.3, -0.25) is 4.57 Å². The number of nitrogens with zero attached hydrogens (tertiary/aromatic N) is 4. The molecular formula is C9H12N6. The van der Waals surface area contributed by atoms with Crippen molar-refractivity contribution in [3.63, 3.8) is 0 Å². The molecule has 0 aromatic carbocycles. The highest BCUT2D eigenvalue weighted by atomic mass is 15.2. The fourth-order valence-electron chi connectivity index (χ4n) is 1.25. The van der Waals surface area contributed by atoms with Crippen molar-refractivity contribution >= 4 is 11.8 Å². The van der Waals surface area contributed by atoms with Crippen molar-refractivity contribution in [2.24, 2.45) is 0 Å². The fraction of sp³-hybridized carbons (Fsp3) is 0.222. The van der Waals surface area contributed by atoms with E-state index in [9.17, 15) is 0 Å². The van der Waals surface area contributed by atoms with E-state index in [0.29, 0.717) is 11.6 Å². The summed E-state index contributed by atoms with van der Waals surface area (Å²) in [7, 11) is 0. The van der Waals surface area contributed by atoms with Gasteiger partial charge in [-0.2, -0.15) is 9.97 Å². The van der Waals surface area contributed by atoms with Crippen LogP contribution in [0, 0.1) is 0 Å². The molecule has 3 N–H and O–H groups in total. The van der Waals surface area contributed by atoms with Crippen molar-refractivity contribution < 1.29 is 0 Å². The maximum Gasteiger partial charge on any atom is 0.223 e. The average molecular weight is 204 g/mol. The van der Waals surface area contributed by atoms with E-state index in [1.807, 2.05) is 13.0 Å². The second-order valence-corrected chi connectivity index (χ2v) is 2.97. The second kappa shape index (κ2) is 3.95. The number of nitrogens with two attached hydrogens (primary N) is 1. The molecule has 15 heavy (non-hydrogen) atoms. The van der Waals surface area contributed by atoms with Gasteiger partial charge in [-0.25, -0.2) is 4.98 Å². The molecule has 0 radical (unpaired) electrons. The SMILES string of the molecule is CCNc1cc(-n2ccnc2)nc(N)n1. The van der Waals surface area contributed by atoms with Crippen molar-refractivity contribution in [2.45, 2.75) is 6.92 Å². The predicted molar refractivity (Wildman–Crippen MR) is 57.7 cm³/mol. The molecule has 0 unspecified atom stereocenters. The Balaban J connectivity index is 2.40. The minimum Gasteiger partial charge on any atom is -0.370 e. The summed E-state index contributed by atoms with van der Waals surface area (Å²) < 4.78 is 1.78. The van der Waals surface area contributed by atoms with Crippen molar-refractivity contribution in [1.82, 2.24) is 19.5 Å². The first-order valence-corrected chi connectivity index (χ1v) is 4.66. The molecule has 0 aliphatic rings.